The van der Waals surface area contributed by atoms with Gasteiger partial charge in [0.2, 0.25) is 0 Å². The summed E-state index contributed by atoms with van der Waals surface area (Å²) in [6.07, 6.45) is 0. The minimum absolute atomic E-state index is 0.0563. The summed E-state index contributed by atoms with van der Waals surface area (Å²) < 4.78 is 8.19. The molecule has 0 amide bonds. The predicted molar refractivity (Wildman–Crippen MR) is 29.2 cm³/mol. The molecule has 0 N–H and O–H groups in total. The van der Waals surface area contributed by atoms with Crippen LogP contribution in [0.1, 0.15) is 0 Å². The van der Waals surface area contributed by atoms with E-state index in [1.807, 2.05) is 0 Å². The predicted octanol–water partition coefficient (Wildman–Crippen LogP) is -0.505. The molecule has 2 heteroatoms. The van der Waals surface area contributed by atoms with Crippen molar-refractivity contribution in [1.82, 2.24) is 0 Å². The third-order valence-electron chi connectivity index (χ3n) is 0.180. The van der Waals surface area contributed by atoms with Crippen molar-refractivity contribution in [1.29, 1.82) is 0 Å². The van der Waals surface area contributed by atoms with Crippen molar-refractivity contribution in [2.75, 3.05) is 0 Å². The Morgan fingerprint density at radius 1 is 1.80 bits per heavy atom. The first-order chi connectivity index (χ1) is 2.41. The van der Waals surface area contributed by atoms with Gasteiger partial charge in [-0.25, -0.2) is 0 Å². The summed E-state index contributed by atoms with van der Waals surface area (Å²) in [6, 6.07) is 0. The van der Waals surface area contributed by atoms with Crippen LogP contribution in [0.2, 0.25) is 0 Å². The van der Waals surface area contributed by atoms with Gasteiger partial charge in [-0.05, 0) is 0 Å². The van der Waals surface area contributed by atoms with Crippen molar-refractivity contribution in [3.63, 3.8) is 0 Å². The molecule has 0 spiro atoms. The zero-order valence-electron chi connectivity index (χ0n) is 2.81. The van der Waals surface area contributed by atoms with Crippen LogP contribution in [0.25, 0.3) is 0 Å². The standard InChI is InChI=1S/C2H2.CH2.Bi.Sb.H/c1-2;;;;/h1-2H;1H2;;;. The van der Waals surface area contributed by atoms with Gasteiger partial charge in [-0.15, -0.1) is 0 Å². The van der Waals surface area contributed by atoms with Crippen LogP contribution in [0.5, 0.6) is 0 Å². The third-order valence-corrected chi connectivity index (χ3v) is 5.09. The van der Waals surface area contributed by atoms with E-state index in [4.69, 9.17) is 0 Å². The summed E-state index contributed by atoms with van der Waals surface area (Å²) in [5.41, 5.74) is 0. The third kappa shape index (κ3) is 5.31. The van der Waals surface area contributed by atoms with Crippen LogP contribution in [0, 0.1) is 0 Å². The van der Waals surface area contributed by atoms with E-state index in [1.54, 1.807) is 0 Å². The molecular formula is C3H5BiSb. The van der Waals surface area contributed by atoms with Crippen molar-refractivity contribution >= 4 is 50.3 Å². The van der Waals surface area contributed by atoms with Gasteiger partial charge in [0.15, 0.2) is 0 Å². The first kappa shape index (κ1) is 6.31. The van der Waals surface area contributed by atoms with Crippen molar-refractivity contribution in [3.8, 4) is 0 Å². The van der Waals surface area contributed by atoms with E-state index in [0.717, 1.165) is 0 Å². The molecule has 0 aromatic rings. The zero-order valence-corrected chi connectivity index (χ0v) is 9.25. The second-order valence-corrected chi connectivity index (χ2v) is 3.69. The summed E-state index contributed by atoms with van der Waals surface area (Å²) in [5, 5.41) is 0. The maximum absolute atomic E-state index is 3.76. The molecule has 0 atom stereocenters. The van der Waals surface area contributed by atoms with Crippen LogP contribution in [0.4, 0.5) is 0 Å². The molecule has 0 aromatic carbocycles. The van der Waals surface area contributed by atoms with Gasteiger partial charge in [-0.3, -0.25) is 0 Å². The Kier molecular flexibility index (Phi) is 6.70. The second-order valence-electron chi connectivity index (χ2n) is 0.498. The van der Waals surface area contributed by atoms with Gasteiger partial charge in [0.25, 0.3) is 0 Å². The molecule has 0 saturated carbocycles. The van der Waals surface area contributed by atoms with Crippen LogP contribution in [0.3, 0.4) is 0 Å². The molecule has 0 rings (SSSR count). The normalized spacial score (nSPS) is 9.00. The molecule has 0 saturated heterocycles. The Morgan fingerprint density at radius 2 is 2.40 bits per heavy atom. The van der Waals surface area contributed by atoms with Crippen molar-refractivity contribution in [3.05, 3.63) is 7.81 Å². The SMILES string of the molecule is [CH2]=[Sb][CH]=[CH][BiH]. The Balaban J connectivity index is 2.92. The second kappa shape index (κ2) is 5.31. The molecule has 0 aliphatic carbocycles. The Hall–Kier alpha value is 1.31. The van der Waals surface area contributed by atoms with Crippen molar-refractivity contribution in [2.24, 2.45) is 0 Å². The molecule has 0 heterocycles. The van der Waals surface area contributed by atoms with Gasteiger partial charge in [0, 0.05) is 0 Å². The van der Waals surface area contributed by atoms with Gasteiger partial charge in [0.05, 0.1) is 0 Å². The fourth-order valence-corrected chi connectivity index (χ4v) is 3.10. The van der Waals surface area contributed by atoms with Crippen LogP contribution >= 0.6 is 0 Å². The molecule has 0 unspecified atom stereocenters. The summed E-state index contributed by atoms with van der Waals surface area (Å²) in [7, 11) is 0. The molecule has 27 valence electrons. The van der Waals surface area contributed by atoms with E-state index >= 15 is 0 Å². The van der Waals surface area contributed by atoms with Gasteiger partial charge >= 0.3 is 58.1 Å². The molecule has 0 fully saturated rings. The average Bonchev–Trinajstić information content (AvgIpc) is 1.41. The van der Waals surface area contributed by atoms with Crippen LogP contribution < -0.4 is 0 Å². The fourth-order valence-electron chi connectivity index (χ4n) is 0.0527. The van der Waals surface area contributed by atoms with E-state index in [1.165, 1.54) is 24.7 Å². The van der Waals surface area contributed by atoms with Gasteiger partial charge < -0.3 is 0 Å². The van der Waals surface area contributed by atoms with E-state index < -0.39 is 0 Å². The van der Waals surface area contributed by atoms with Crippen molar-refractivity contribution < 1.29 is 0 Å². The summed E-state index contributed by atoms with van der Waals surface area (Å²) in [5.74, 6) is 0. The number of hydrogen-bond acceptors (Lipinski definition) is 0. The Labute approximate surface area is 57.5 Å². The first-order valence-electron chi connectivity index (χ1n) is 1.20. The summed E-state index contributed by atoms with van der Waals surface area (Å²) in [4.78, 5) is 0. The zero-order chi connectivity index (χ0) is 4.12. The van der Waals surface area contributed by atoms with E-state index in [9.17, 15) is 0 Å². The van der Waals surface area contributed by atoms with E-state index in [-0.39, 0.29) is 21.1 Å². The number of hydrogen-bond donors (Lipinski definition) is 0. The van der Waals surface area contributed by atoms with Gasteiger partial charge in [0.1, 0.15) is 0 Å². The summed E-state index contributed by atoms with van der Waals surface area (Å²) >= 11 is 1.16. The minimum atomic E-state index is -0.0563. The van der Waals surface area contributed by atoms with Crippen LogP contribution in [-0.2, 0) is 0 Å². The van der Waals surface area contributed by atoms with Gasteiger partial charge in [-0.2, -0.15) is 0 Å². The monoisotopic (exact) mass is 371 g/mol. The molecular weight excluding hydrogens is 367 g/mol. The van der Waals surface area contributed by atoms with E-state index in [0.29, 0.717) is 0 Å². The molecule has 0 bridgehead atoms. The number of rotatable bonds is 1. The van der Waals surface area contributed by atoms with E-state index in [2.05, 4.69) is 12.3 Å². The van der Waals surface area contributed by atoms with Crippen LogP contribution in [0.15, 0.2) is 7.81 Å². The van der Waals surface area contributed by atoms with Gasteiger partial charge in [-0.1, -0.05) is 0 Å². The summed E-state index contributed by atoms with van der Waals surface area (Å²) in [6.45, 7) is 0. The fraction of sp³-hybridized carbons (Fsp3) is 0. The average molecular weight is 372 g/mol. The topological polar surface area (TPSA) is 0 Å². The molecule has 0 aliphatic heterocycles. The molecule has 5 heavy (non-hydrogen) atoms. The van der Waals surface area contributed by atoms with Crippen LogP contribution in [-0.4, -0.2) is 50.3 Å². The Morgan fingerprint density at radius 3 is 2.40 bits per heavy atom. The Bertz CT molecular complexity index is 48.9. The van der Waals surface area contributed by atoms with Crippen molar-refractivity contribution in [2.45, 2.75) is 0 Å². The quantitative estimate of drug-likeness (QED) is 0.545. The maximum atomic E-state index is 3.76. The first-order valence-corrected chi connectivity index (χ1v) is 6.72. The molecule has 0 aliphatic rings. The molecule has 1 radical (unpaired) electrons. The molecule has 0 nitrogen and oxygen atoms in total. The molecule has 0 aromatic heterocycles.